The Hall–Kier alpha value is -0.940. The number of amides is 1. The van der Waals surface area contributed by atoms with Crippen molar-refractivity contribution in [1.29, 1.82) is 0 Å². The number of rotatable bonds is 2. The summed E-state index contributed by atoms with van der Waals surface area (Å²) in [5.74, 6) is 0.194. The van der Waals surface area contributed by atoms with Crippen molar-refractivity contribution >= 4 is 21.8 Å². The minimum absolute atomic E-state index is 0.194. The zero-order valence-electron chi connectivity index (χ0n) is 9.90. The summed E-state index contributed by atoms with van der Waals surface area (Å²) < 4.78 is 0.980. The van der Waals surface area contributed by atoms with E-state index in [9.17, 15) is 4.79 Å². The molecule has 4 nitrogen and oxygen atoms in total. The van der Waals surface area contributed by atoms with E-state index in [2.05, 4.69) is 25.8 Å². The number of halogens is 1. The number of carbonyl (C=O) groups excluding carboxylic acids is 1. The normalized spacial score (nSPS) is 18.2. The summed E-state index contributed by atoms with van der Waals surface area (Å²) in [6.45, 7) is 3.04. The molecule has 1 aromatic heterocycles. The van der Waals surface area contributed by atoms with E-state index in [0.717, 1.165) is 36.2 Å². The average Bonchev–Trinajstić information content (AvgIpc) is 2.45. The minimum atomic E-state index is 0.194. The Kier molecular flexibility index (Phi) is 4.12. The van der Waals surface area contributed by atoms with Crippen LogP contribution in [0.25, 0.3) is 0 Å². The van der Waals surface area contributed by atoms with Gasteiger partial charge >= 0.3 is 0 Å². The lowest BCUT2D eigenvalue weighted by Crippen LogP contribution is -2.34. The third kappa shape index (κ3) is 3.51. The molecule has 1 amide bonds. The van der Waals surface area contributed by atoms with E-state index < -0.39 is 0 Å². The summed E-state index contributed by atoms with van der Waals surface area (Å²) in [6, 6.07) is 3.97. The fourth-order valence-corrected chi connectivity index (χ4v) is 2.15. The molecule has 1 aromatic rings. The molecule has 2 heterocycles. The van der Waals surface area contributed by atoms with Crippen molar-refractivity contribution in [3.63, 3.8) is 0 Å². The van der Waals surface area contributed by atoms with Gasteiger partial charge in [-0.25, -0.2) is 0 Å². The van der Waals surface area contributed by atoms with Gasteiger partial charge in [-0.3, -0.25) is 14.7 Å². The molecule has 0 radical (unpaired) electrons. The van der Waals surface area contributed by atoms with Crippen LogP contribution in [0.5, 0.6) is 0 Å². The van der Waals surface area contributed by atoms with Crippen molar-refractivity contribution in [3.05, 3.63) is 28.5 Å². The largest absolute Gasteiger partial charge is 0.345 e. The number of likely N-dealkylation sites (N-methyl/N-ethyl adjacent to an activating group) is 1. The summed E-state index contributed by atoms with van der Waals surface area (Å²) in [4.78, 5) is 20.0. The Morgan fingerprint density at radius 2 is 2.24 bits per heavy atom. The zero-order valence-corrected chi connectivity index (χ0v) is 11.5. The summed E-state index contributed by atoms with van der Waals surface area (Å²) in [5, 5.41) is 0. The Morgan fingerprint density at radius 3 is 2.94 bits per heavy atom. The van der Waals surface area contributed by atoms with E-state index in [4.69, 9.17) is 0 Å². The van der Waals surface area contributed by atoms with Crippen LogP contribution in [0.15, 0.2) is 22.8 Å². The highest BCUT2D eigenvalue weighted by Gasteiger charge is 2.18. The molecule has 0 aromatic carbocycles. The van der Waals surface area contributed by atoms with Crippen molar-refractivity contribution in [2.45, 2.75) is 13.0 Å². The maximum Gasteiger partial charge on any atom is 0.236 e. The minimum Gasteiger partial charge on any atom is -0.345 e. The molecule has 1 aliphatic heterocycles. The van der Waals surface area contributed by atoms with Crippen LogP contribution in [0.2, 0.25) is 0 Å². The van der Waals surface area contributed by atoms with Gasteiger partial charge in [0.15, 0.2) is 0 Å². The highest BCUT2D eigenvalue weighted by Crippen LogP contribution is 2.11. The van der Waals surface area contributed by atoms with Crippen molar-refractivity contribution in [2.24, 2.45) is 0 Å². The van der Waals surface area contributed by atoms with Crippen molar-refractivity contribution in [3.8, 4) is 0 Å². The Balaban J connectivity index is 1.98. The van der Waals surface area contributed by atoms with E-state index in [1.165, 1.54) is 0 Å². The SMILES string of the molecule is CN1CCCN(Cc2ccc(Br)cn2)CC1=O. The van der Waals surface area contributed by atoms with E-state index in [-0.39, 0.29) is 5.91 Å². The molecule has 0 saturated carbocycles. The molecule has 0 atom stereocenters. The van der Waals surface area contributed by atoms with E-state index in [0.29, 0.717) is 6.54 Å². The molecular weight excluding hydrogens is 282 g/mol. The van der Waals surface area contributed by atoms with E-state index in [1.807, 2.05) is 19.2 Å². The van der Waals surface area contributed by atoms with E-state index >= 15 is 0 Å². The maximum atomic E-state index is 11.7. The summed E-state index contributed by atoms with van der Waals surface area (Å²) >= 11 is 3.36. The third-order valence-corrected chi connectivity index (χ3v) is 3.40. The lowest BCUT2D eigenvalue weighted by Gasteiger charge is -2.18. The van der Waals surface area contributed by atoms with Crippen LogP contribution < -0.4 is 0 Å². The first kappa shape index (κ1) is 12.5. The summed E-state index contributed by atoms with van der Waals surface area (Å²) in [5.41, 5.74) is 1.01. The third-order valence-electron chi connectivity index (χ3n) is 2.93. The van der Waals surface area contributed by atoms with Crippen LogP contribution in [0, 0.1) is 0 Å². The number of pyridine rings is 1. The predicted octanol–water partition coefficient (Wildman–Crippen LogP) is 1.51. The number of hydrogen-bond donors (Lipinski definition) is 0. The maximum absolute atomic E-state index is 11.7. The Bertz CT molecular complexity index is 393. The molecule has 5 heteroatoms. The molecule has 0 bridgehead atoms. The van der Waals surface area contributed by atoms with Crippen molar-refractivity contribution < 1.29 is 4.79 Å². The molecule has 1 fully saturated rings. The highest BCUT2D eigenvalue weighted by atomic mass is 79.9. The first-order chi connectivity index (χ1) is 8.15. The van der Waals surface area contributed by atoms with Gasteiger partial charge < -0.3 is 4.90 Å². The van der Waals surface area contributed by atoms with Crippen LogP contribution in [0.3, 0.4) is 0 Å². The standard InChI is InChI=1S/C12H16BrN3O/c1-15-5-2-6-16(9-12(15)17)8-11-4-3-10(13)7-14-11/h3-4,7H,2,5-6,8-9H2,1H3. The molecule has 17 heavy (non-hydrogen) atoms. The van der Waals surface area contributed by atoms with E-state index in [1.54, 1.807) is 11.1 Å². The molecule has 2 rings (SSSR count). The number of hydrogen-bond acceptors (Lipinski definition) is 3. The lowest BCUT2D eigenvalue weighted by atomic mass is 10.3. The topological polar surface area (TPSA) is 36.4 Å². The van der Waals surface area contributed by atoms with Gasteiger partial charge in [-0.05, 0) is 34.5 Å². The molecule has 0 aliphatic carbocycles. The van der Waals surface area contributed by atoms with Gasteiger partial charge in [-0.2, -0.15) is 0 Å². The summed E-state index contributed by atoms with van der Waals surface area (Å²) in [7, 11) is 1.86. The van der Waals surface area contributed by atoms with Crippen molar-refractivity contribution in [1.82, 2.24) is 14.8 Å². The zero-order chi connectivity index (χ0) is 12.3. The molecule has 1 aliphatic rings. The Morgan fingerprint density at radius 1 is 1.41 bits per heavy atom. The highest BCUT2D eigenvalue weighted by molar-refractivity contribution is 9.10. The number of nitrogens with zero attached hydrogens (tertiary/aromatic N) is 3. The molecule has 0 spiro atoms. The Labute approximate surface area is 110 Å². The van der Waals surface area contributed by atoms with Crippen molar-refractivity contribution in [2.75, 3.05) is 26.7 Å². The van der Waals surface area contributed by atoms with Crippen LogP contribution in [-0.4, -0.2) is 47.4 Å². The molecule has 0 unspecified atom stereocenters. The van der Waals surface area contributed by atoms with Gasteiger partial charge in [0.1, 0.15) is 0 Å². The van der Waals surface area contributed by atoms with Gasteiger partial charge in [0.05, 0.1) is 12.2 Å². The predicted molar refractivity (Wildman–Crippen MR) is 69.5 cm³/mol. The number of aromatic nitrogens is 1. The van der Waals surface area contributed by atoms with Crippen LogP contribution in [0.4, 0.5) is 0 Å². The van der Waals surface area contributed by atoms with Gasteiger partial charge in [0.25, 0.3) is 0 Å². The van der Waals surface area contributed by atoms with Gasteiger partial charge in [0, 0.05) is 37.4 Å². The molecule has 0 N–H and O–H groups in total. The lowest BCUT2D eigenvalue weighted by molar-refractivity contribution is -0.130. The summed E-state index contributed by atoms with van der Waals surface area (Å²) in [6.07, 6.45) is 2.82. The first-order valence-corrected chi connectivity index (χ1v) is 6.51. The van der Waals surface area contributed by atoms with Gasteiger partial charge in [0.2, 0.25) is 5.91 Å². The average molecular weight is 298 g/mol. The fourth-order valence-electron chi connectivity index (χ4n) is 1.91. The smallest absolute Gasteiger partial charge is 0.236 e. The monoisotopic (exact) mass is 297 g/mol. The van der Waals surface area contributed by atoms with Crippen LogP contribution in [0.1, 0.15) is 12.1 Å². The fraction of sp³-hybridized carbons (Fsp3) is 0.500. The second-order valence-electron chi connectivity index (χ2n) is 4.35. The first-order valence-electron chi connectivity index (χ1n) is 5.72. The van der Waals surface area contributed by atoms with Gasteiger partial charge in [-0.15, -0.1) is 0 Å². The number of carbonyl (C=O) groups is 1. The van der Waals surface area contributed by atoms with Gasteiger partial charge in [-0.1, -0.05) is 0 Å². The molecule has 1 saturated heterocycles. The quantitative estimate of drug-likeness (QED) is 0.830. The van der Waals surface area contributed by atoms with Crippen LogP contribution in [-0.2, 0) is 11.3 Å². The van der Waals surface area contributed by atoms with Crippen LogP contribution >= 0.6 is 15.9 Å². The molecule has 92 valence electrons. The molecular formula is C12H16BrN3O. The second-order valence-corrected chi connectivity index (χ2v) is 5.26. The second kappa shape index (κ2) is 5.60.